The van der Waals surface area contributed by atoms with E-state index in [0.717, 1.165) is 24.9 Å². The predicted octanol–water partition coefficient (Wildman–Crippen LogP) is 2.20. The van der Waals surface area contributed by atoms with Gasteiger partial charge in [-0.05, 0) is 25.6 Å². The van der Waals surface area contributed by atoms with Crippen molar-refractivity contribution in [1.29, 1.82) is 0 Å². The van der Waals surface area contributed by atoms with E-state index >= 15 is 0 Å². The van der Waals surface area contributed by atoms with Crippen LogP contribution >= 0.6 is 11.8 Å². The van der Waals surface area contributed by atoms with E-state index in [0.29, 0.717) is 6.04 Å². The summed E-state index contributed by atoms with van der Waals surface area (Å²) in [5, 5.41) is 0.839. The molecule has 1 aromatic rings. The second kappa shape index (κ2) is 7.07. The summed E-state index contributed by atoms with van der Waals surface area (Å²) in [5.74, 6) is 0. The highest BCUT2D eigenvalue weighted by Gasteiger charge is 2.22. The van der Waals surface area contributed by atoms with E-state index < -0.39 is 0 Å². The zero-order valence-electron chi connectivity index (χ0n) is 11.1. The molecule has 0 aromatic carbocycles. The van der Waals surface area contributed by atoms with Crippen LogP contribution in [0.4, 0.5) is 0 Å². The van der Waals surface area contributed by atoms with Crippen molar-refractivity contribution in [2.45, 2.75) is 37.0 Å². The fourth-order valence-corrected chi connectivity index (χ4v) is 2.73. The number of thioether (sulfide) groups is 1. The Bertz CT molecular complexity index is 356. The molecule has 4 nitrogen and oxygen atoms in total. The summed E-state index contributed by atoms with van der Waals surface area (Å²) >= 11 is 1.58. The van der Waals surface area contributed by atoms with Crippen molar-refractivity contribution in [2.24, 2.45) is 0 Å². The van der Waals surface area contributed by atoms with Gasteiger partial charge in [0.1, 0.15) is 0 Å². The molecule has 2 heterocycles. The van der Waals surface area contributed by atoms with E-state index in [1.165, 1.54) is 24.8 Å². The standard InChI is InChI=1S/C13H21N3OS/c1-17-10-12-5-3-4-6-16(12)9-11-7-14-13(18-2)15-8-11/h7-8,12H,3-6,9-10H2,1-2H3/t12-/m1/s1. The fraction of sp³-hybridized carbons (Fsp3) is 0.692. The highest BCUT2D eigenvalue weighted by atomic mass is 32.2. The van der Waals surface area contributed by atoms with Crippen LogP contribution in [0.2, 0.25) is 0 Å². The fourth-order valence-electron chi connectivity index (χ4n) is 2.41. The molecule has 2 rings (SSSR count). The number of hydrogen-bond donors (Lipinski definition) is 0. The molecule has 0 N–H and O–H groups in total. The van der Waals surface area contributed by atoms with Crippen molar-refractivity contribution in [3.8, 4) is 0 Å². The molecular formula is C13H21N3OS. The van der Waals surface area contributed by atoms with Crippen molar-refractivity contribution in [3.63, 3.8) is 0 Å². The third-order valence-electron chi connectivity index (χ3n) is 3.36. The van der Waals surface area contributed by atoms with Crippen LogP contribution in [0.25, 0.3) is 0 Å². The molecule has 0 unspecified atom stereocenters. The van der Waals surface area contributed by atoms with Crippen LogP contribution in [-0.4, -0.2) is 47.4 Å². The zero-order valence-corrected chi connectivity index (χ0v) is 11.9. The molecule has 5 heteroatoms. The third-order valence-corrected chi connectivity index (χ3v) is 3.93. The van der Waals surface area contributed by atoms with Gasteiger partial charge in [-0.25, -0.2) is 9.97 Å². The minimum Gasteiger partial charge on any atom is -0.383 e. The van der Waals surface area contributed by atoms with Gasteiger partial charge < -0.3 is 4.74 Å². The van der Waals surface area contributed by atoms with Gasteiger partial charge in [0.05, 0.1) is 6.61 Å². The number of ether oxygens (including phenoxy) is 1. The Morgan fingerprint density at radius 3 is 2.83 bits per heavy atom. The van der Waals surface area contributed by atoms with Crippen molar-refractivity contribution in [3.05, 3.63) is 18.0 Å². The van der Waals surface area contributed by atoms with Gasteiger partial charge in [0.15, 0.2) is 5.16 Å². The van der Waals surface area contributed by atoms with Crippen molar-refractivity contribution >= 4 is 11.8 Å². The Morgan fingerprint density at radius 2 is 2.17 bits per heavy atom. The van der Waals surface area contributed by atoms with E-state index in [1.807, 2.05) is 18.6 Å². The average Bonchev–Trinajstić information content (AvgIpc) is 2.42. The summed E-state index contributed by atoms with van der Waals surface area (Å²) < 4.78 is 5.31. The first-order chi connectivity index (χ1) is 8.83. The van der Waals surface area contributed by atoms with E-state index in [2.05, 4.69) is 14.9 Å². The lowest BCUT2D eigenvalue weighted by molar-refractivity contribution is 0.0599. The molecule has 0 bridgehead atoms. The summed E-state index contributed by atoms with van der Waals surface area (Å²) in [7, 11) is 1.78. The molecule has 1 atom stereocenters. The van der Waals surface area contributed by atoms with Gasteiger partial charge in [0.25, 0.3) is 0 Å². The van der Waals surface area contributed by atoms with Gasteiger partial charge in [0, 0.05) is 37.7 Å². The second-order valence-electron chi connectivity index (χ2n) is 4.65. The average molecular weight is 267 g/mol. The van der Waals surface area contributed by atoms with Gasteiger partial charge in [0.2, 0.25) is 0 Å². The Hall–Kier alpha value is -0.650. The van der Waals surface area contributed by atoms with Gasteiger partial charge in [-0.2, -0.15) is 0 Å². The molecule has 1 aliphatic rings. The molecule has 0 amide bonds. The molecule has 0 aliphatic carbocycles. The maximum absolute atomic E-state index is 5.31. The van der Waals surface area contributed by atoms with Gasteiger partial charge in [-0.1, -0.05) is 18.2 Å². The van der Waals surface area contributed by atoms with Crippen molar-refractivity contribution < 1.29 is 4.74 Å². The smallest absolute Gasteiger partial charge is 0.187 e. The highest BCUT2D eigenvalue weighted by Crippen LogP contribution is 2.19. The zero-order chi connectivity index (χ0) is 12.8. The molecule has 0 radical (unpaired) electrons. The number of piperidine rings is 1. The lowest BCUT2D eigenvalue weighted by atomic mass is 10.0. The summed E-state index contributed by atoms with van der Waals surface area (Å²) in [4.78, 5) is 11.1. The quantitative estimate of drug-likeness (QED) is 0.604. The van der Waals surface area contributed by atoms with Crippen molar-refractivity contribution in [2.75, 3.05) is 26.5 Å². The predicted molar refractivity (Wildman–Crippen MR) is 73.7 cm³/mol. The number of aromatic nitrogens is 2. The monoisotopic (exact) mass is 267 g/mol. The van der Waals surface area contributed by atoms with E-state index in [4.69, 9.17) is 4.74 Å². The number of nitrogens with zero attached hydrogens (tertiary/aromatic N) is 3. The number of rotatable bonds is 5. The molecule has 0 spiro atoms. The molecular weight excluding hydrogens is 246 g/mol. The van der Waals surface area contributed by atoms with E-state index in [9.17, 15) is 0 Å². The van der Waals surface area contributed by atoms with E-state index in [-0.39, 0.29) is 0 Å². The summed E-state index contributed by atoms with van der Waals surface area (Å²) in [5.41, 5.74) is 1.19. The first kappa shape index (κ1) is 13.8. The van der Waals surface area contributed by atoms with Crippen molar-refractivity contribution in [1.82, 2.24) is 14.9 Å². The first-order valence-corrected chi connectivity index (χ1v) is 7.64. The SMILES string of the molecule is COC[C@H]1CCCCN1Cc1cnc(SC)nc1. The van der Waals surface area contributed by atoms with Crippen LogP contribution in [-0.2, 0) is 11.3 Å². The second-order valence-corrected chi connectivity index (χ2v) is 5.43. The Labute approximate surface area is 113 Å². The summed E-state index contributed by atoms with van der Waals surface area (Å²) in [6, 6.07) is 0.545. The van der Waals surface area contributed by atoms with E-state index in [1.54, 1.807) is 18.9 Å². The summed E-state index contributed by atoms with van der Waals surface area (Å²) in [6.07, 6.45) is 9.71. The lowest BCUT2D eigenvalue weighted by Gasteiger charge is -2.35. The van der Waals surface area contributed by atoms with Crippen LogP contribution in [0.15, 0.2) is 17.6 Å². The number of hydrogen-bond acceptors (Lipinski definition) is 5. The van der Waals surface area contributed by atoms with Crippen LogP contribution in [0.1, 0.15) is 24.8 Å². The third kappa shape index (κ3) is 3.67. The lowest BCUT2D eigenvalue weighted by Crippen LogP contribution is -2.41. The largest absolute Gasteiger partial charge is 0.383 e. The Balaban J connectivity index is 1.96. The number of likely N-dealkylation sites (tertiary alicyclic amines) is 1. The van der Waals surface area contributed by atoms with Gasteiger partial charge in [-0.3, -0.25) is 4.90 Å². The first-order valence-electron chi connectivity index (χ1n) is 6.41. The van der Waals surface area contributed by atoms with Crippen LogP contribution in [0.3, 0.4) is 0 Å². The van der Waals surface area contributed by atoms with Crippen LogP contribution < -0.4 is 0 Å². The molecule has 100 valence electrons. The molecule has 1 fully saturated rings. The maximum Gasteiger partial charge on any atom is 0.187 e. The van der Waals surface area contributed by atoms with Crippen LogP contribution in [0.5, 0.6) is 0 Å². The topological polar surface area (TPSA) is 38.2 Å². The summed E-state index contributed by atoms with van der Waals surface area (Å²) in [6.45, 7) is 2.91. The molecule has 18 heavy (non-hydrogen) atoms. The van der Waals surface area contributed by atoms with Gasteiger partial charge >= 0.3 is 0 Å². The minimum atomic E-state index is 0.545. The Morgan fingerprint density at radius 1 is 1.39 bits per heavy atom. The maximum atomic E-state index is 5.31. The number of methoxy groups -OCH3 is 1. The Kier molecular flexibility index (Phi) is 5.41. The molecule has 0 saturated carbocycles. The molecule has 1 saturated heterocycles. The van der Waals surface area contributed by atoms with Crippen LogP contribution in [0, 0.1) is 0 Å². The molecule has 1 aromatic heterocycles. The highest BCUT2D eigenvalue weighted by molar-refractivity contribution is 7.98. The normalized spacial score (nSPS) is 21.1. The minimum absolute atomic E-state index is 0.545. The van der Waals surface area contributed by atoms with Gasteiger partial charge in [-0.15, -0.1) is 0 Å². The molecule has 1 aliphatic heterocycles.